The van der Waals surface area contributed by atoms with Gasteiger partial charge in [-0.05, 0) is 20.3 Å². The molecule has 1 rings (SSSR count). The molecular formula is C7H14OS. The Kier molecular flexibility index (Phi) is 2.42. The van der Waals surface area contributed by atoms with Crippen molar-refractivity contribution in [1.29, 1.82) is 0 Å². The van der Waals surface area contributed by atoms with E-state index in [0.29, 0.717) is 11.5 Å². The summed E-state index contributed by atoms with van der Waals surface area (Å²) in [5.74, 6) is 0. The SMILES string of the molecule is C[C@@H]1C[C@H](C)O[C@H](C)S1. The van der Waals surface area contributed by atoms with Crippen LogP contribution < -0.4 is 0 Å². The molecule has 0 bridgehead atoms. The Morgan fingerprint density at radius 2 is 2.00 bits per heavy atom. The molecule has 0 radical (unpaired) electrons. The van der Waals surface area contributed by atoms with Crippen molar-refractivity contribution in [2.24, 2.45) is 0 Å². The van der Waals surface area contributed by atoms with Gasteiger partial charge in [-0.2, -0.15) is 0 Å². The fourth-order valence-electron chi connectivity index (χ4n) is 1.26. The second kappa shape index (κ2) is 2.93. The van der Waals surface area contributed by atoms with Crippen molar-refractivity contribution in [1.82, 2.24) is 0 Å². The zero-order valence-corrected chi connectivity index (χ0v) is 7.07. The summed E-state index contributed by atoms with van der Waals surface area (Å²) >= 11 is 1.92. The van der Waals surface area contributed by atoms with Crippen LogP contribution in [-0.2, 0) is 4.74 Å². The average molecular weight is 146 g/mol. The van der Waals surface area contributed by atoms with E-state index < -0.39 is 0 Å². The molecule has 0 spiro atoms. The van der Waals surface area contributed by atoms with Crippen LogP contribution in [0.25, 0.3) is 0 Å². The zero-order chi connectivity index (χ0) is 6.85. The van der Waals surface area contributed by atoms with Crippen molar-refractivity contribution < 1.29 is 4.74 Å². The highest BCUT2D eigenvalue weighted by Gasteiger charge is 2.20. The number of rotatable bonds is 0. The monoisotopic (exact) mass is 146 g/mol. The first-order chi connectivity index (χ1) is 4.18. The number of ether oxygens (including phenoxy) is 1. The van der Waals surface area contributed by atoms with E-state index in [-0.39, 0.29) is 0 Å². The van der Waals surface area contributed by atoms with Crippen LogP contribution in [-0.4, -0.2) is 16.8 Å². The summed E-state index contributed by atoms with van der Waals surface area (Å²) in [5.41, 5.74) is 0.406. The van der Waals surface area contributed by atoms with Crippen LogP contribution in [0.4, 0.5) is 0 Å². The summed E-state index contributed by atoms with van der Waals surface area (Å²) in [7, 11) is 0. The largest absolute Gasteiger partial charge is 0.365 e. The van der Waals surface area contributed by atoms with Crippen molar-refractivity contribution >= 4 is 11.8 Å². The highest BCUT2D eigenvalue weighted by atomic mass is 32.2. The Morgan fingerprint density at radius 1 is 1.33 bits per heavy atom. The van der Waals surface area contributed by atoms with Crippen LogP contribution in [0.15, 0.2) is 0 Å². The first-order valence-corrected chi connectivity index (χ1v) is 4.43. The molecule has 0 aromatic rings. The molecule has 3 atom stereocenters. The zero-order valence-electron chi connectivity index (χ0n) is 6.26. The molecule has 1 heterocycles. The number of hydrogen-bond donors (Lipinski definition) is 0. The normalized spacial score (nSPS) is 45.0. The molecule has 54 valence electrons. The Bertz CT molecular complexity index is 69.9. The van der Waals surface area contributed by atoms with Gasteiger partial charge in [-0.25, -0.2) is 0 Å². The van der Waals surface area contributed by atoms with Gasteiger partial charge in [0.25, 0.3) is 0 Å². The Hall–Kier alpha value is 0.310. The van der Waals surface area contributed by atoms with Gasteiger partial charge in [0.05, 0.1) is 6.10 Å². The molecule has 0 aliphatic carbocycles. The molecule has 1 nitrogen and oxygen atoms in total. The molecule has 0 N–H and O–H groups in total. The summed E-state index contributed by atoms with van der Waals surface area (Å²) in [6, 6.07) is 0. The molecule has 1 aliphatic heterocycles. The molecule has 0 unspecified atom stereocenters. The quantitative estimate of drug-likeness (QED) is 0.518. The summed E-state index contributed by atoms with van der Waals surface area (Å²) < 4.78 is 5.52. The third-order valence-corrected chi connectivity index (χ3v) is 2.66. The maximum absolute atomic E-state index is 5.52. The van der Waals surface area contributed by atoms with Gasteiger partial charge in [0.1, 0.15) is 5.44 Å². The van der Waals surface area contributed by atoms with Gasteiger partial charge in [-0.3, -0.25) is 0 Å². The van der Waals surface area contributed by atoms with E-state index in [4.69, 9.17) is 4.74 Å². The second-order valence-corrected chi connectivity index (χ2v) is 4.44. The summed E-state index contributed by atoms with van der Waals surface area (Å²) in [4.78, 5) is 0. The topological polar surface area (TPSA) is 9.23 Å². The molecule has 1 saturated heterocycles. The maximum Gasteiger partial charge on any atom is 0.101 e. The number of hydrogen-bond acceptors (Lipinski definition) is 2. The van der Waals surface area contributed by atoms with Gasteiger partial charge < -0.3 is 4.74 Å². The Balaban J connectivity index is 2.34. The van der Waals surface area contributed by atoms with Crippen LogP contribution in [0.3, 0.4) is 0 Å². The van der Waals surface area contributed by atoms with Gasteiger partial charge in [0, 0.05) is 5.25 Å². The van der Waals surface area contributed by atoms with Crippen molar-refractivity contribution in [3.8, 4) is 0 Å². The van der Waals surface area contributed by atoms with E-state index in [9.17, 15) is 0 Å². The molecule has 1 fully saturated rings. The fraction of sp³-hybridized carbons (Fsp3) is 1.00. The van der Waals surface area contributed by atoms with Crippen molar-refractivity contribution in [3.05, 3.63) is 0 Å². The van der Waals surface area contributed by atoms with Gasteiger partial charge in [-0.15, -0.1) is 11.8 Å². The second-order valence-electron chi connectivity index (χ2n) is 2.70. The molecule has 0 saturated carbocycles. The predicted octanol–water partition coefficient (Wildman–Crippen LogP) is 2.26. The van der Waals surface area contributed by atoms with Crippen molar-refractivity contribution in [2.45, 2.75) is 44.0 Å². The van der Waals surface area contributed by atoms with Gasteiger partial charge in [0.2, 0.25) is 0 Å². The summed E-state index contributed by atoms with van der Waals surface area (Å²) in [6.07, 6.45) is 1.67. The van der Waals surface area contributed by atoms with E-state index >= 15 is 0 Å². The summed E-state index contributed by atoms with van der Waals surface area (Å²) in [6.45, 7) is 6.53. The Morgan fingerprint density at radius 3 is 2.44 bits per heavy atom. The van der Waals surface area contributed by atoms with Crippen molar-refractivity contribution in [2.75, 3.05) is 0 Å². The predicted molar refractivity (Wildman–Crippen MR) is 41.7 cm³/mol. The average Bonchev–Trinajstić information content (AvgIpc) is 1.59. The van der Waals surface area contributed by atoms with E-state index in [1.807, 2.05) is 11.8 Å². The first-order valence-electron chi connectivity index (χ1n) is 3.49. The third kappa shape index (κ3) is 2.18. The molecule has 1 aliphatic rings. The molecule has 0 amide bonds. The minimum Gasteiger partial charge on any atom is -0.365 e. The molecular weight excluding hydrogens is 132 g/mol. The smallest absolute Gasteiger partial charge is 0.101 e. The van der Waals surface area contributed by atoms with E-state index in [0.717, 1.165) is 5.25 Å². The first kappa shape index (κ1) is 7.42. The summed E-state index contributed by atoms with van der Waals surface area (Å²) in [5, 5.41) is 0.781. The van der Waals surface area contributed by atoms with Crippen LogP contribution in [0.5, 0.6) is 0 Å². The highest BCUT2D eigenvalue weighted by molar-refractivity contribution is 8.00. The minimum atomic E-state index is 0.406. The molecule has 0 aromatic carbocycles. The van der Waals surface area contributed by atoms with E-state index in [1.165, 1.54) is 6.42 Å². The van der Waals surface area contributed by atoms with E-state index in [2.05, 4.69) is 20.8 Å². The lowest BCUT2D eigenvalue weighted by atomic mass is 10.2. The standard InChI is InChI=1S/C7H14OS/c1-5-4-6(2)9-7(3)8-5/h5-7H,4H2,1-3H3/t5-,6+,7-/m0/s1. The van der Waals surface area contributed by atoms with Crippen LogP contribution in [0, 0.1) is 0 Å². The highest BCUT2D eigenvalue weighted by Crippen LogP contribution is 2.29. The fourth-order valence-corrected chi connectivity index (χ4v) is 2.56. The van der Waals surface area contributed by atoms with Crippen LogP contribution in [0.2, 0.25) is 0 Å². The maximum atomic E-state index is 5.52. The van der Waals surface area contributed by atoms with Crippen molar-refractivity contribution in [3.63, 3.8) is 0 Å². The molecule has 9 heavy (non-hydrogen) atoms. The van der Waals surface area contributed by atoms with Gasteiger partial charge >= 0.3 is 0 Å². The van der Waals surface area contributed by atoms with Gasteiger partial charge in [0.15, 0.2) is 0 Å². The Labute approximate surface area is 61.2 Å². The number of thioether (sulfide) groups is 1. The third-order valence-electron chi connectivity index (χ3n) is 1.51. The van der Waals surface area contributed by atoms with Crippen LogP contribution in [0.1, 0.15) is 27.2 Å². The lowest BCUT2D eigenvalue weighted by Gasteiger charge is -2.29. The molecule has 2 heteroatoms. The minimum absolute atomic E-state index is 0.406. The molecule has 0 aromatic heterocycles. The lowest BCUT2D eigenvalue weighted by Crippen LogP contribution is -2.25. The van der Waals surface area contributed by atoms with Gasteiger partial charge in [-0.1, -0.05) is 6.92 Å². The van der Waals surface area contributed by atoms with E-state index in [1.54, 1.807) is 0 Å². The lowest BCUT2D eigenvalue weighted by molar-refractivity contribution is 0.0419. The van der Waals surface area contributed by atoms with Crippen LogP contribution >= 0.6 is 11.8 Å².